The zero-order chi connectivity index (χ0) is 14.3. The van der Waals surface area contributed by atoms with Gasteiger partial charge in [-0.3, -0.25) is 9.59 Å². The summed E-state index contributed by atoms with van der Waals surface area (Å²) in [5, 5.41) is 5.75. The molecule has 2 N–H and O–H groups in total. The van der Waals surface area contributed by atoms with Gasteiger partial charge in [-0.05, 0) is 46.3 Å². The van der Waals surface area contributed by atoms with Gasteiger partial charge in [0.15, 0.2) is 0 Å². The minimum absolute atomic E-state index is 0.0916. The number of carbonyl (C=O) groups is 2. The number of carbonyl (C=O) groups excluding carboxylic acids is 2. The van der Waals surface area contributed by atoms with Crippen molar-refractivity contribution in [3.63, 3.8) is 0 Å². The van der Waals surface area contributed by atoms with E-state index >= 15 is 0 Å². The van der Waals surface area contributed by atoms with Crippen molar-refractivity contribution < 1.29 is 9.59 Å². The molecular formula is C14H27N3O2. The molecule has 0 aromatic carbocycles. The summed E-state index contributed by atoms with van der Waals surface area (Å²) in [4.78, 5) is 26.1. The Bertz CT molecular complexity index is 312. The Morgan fingerprint density at radius 1 is 1.05 bits per heavy atom. The van der Waals surface area contributed by atoms with Crippen molar-refractivity contribution in [1.29, 1.82) is 0 Å². The van der Waals surface area contributed by atoms with Crippen molar-refractivity contribution in [1.82, 2.24) is 15.5 Å². The van der Waals surface area contributed by atoms with Gasteiger partial charge in [0, 0.05) is 13.1 Å². The highest BCUT2D eigenvalue weighted by Gasteiger charge is 2.56. The first-order chi connectivity index (χ1) is 9.03. The molecule has 1 aliphatic carbocycles. The van der Waals surface area contributed by atoms with Crippen LogP contribution in [0.5, 0.6) is 0 Å². The van der Waals surface area contributed by atoms with Crippen LogP contribution in [0.15, 0.2) is 0 Å². The van der Waals surface area contributed by atoms with Gasteiger partial charge in [-0.15, -0.1) is 0 Å². The molecule has 0 aliphatic heterocycles. The molecule has 0 radical (unpaired) electrons. The number of hydrogen-bond donors (Lipinski definition) is 2. The summed E-state index contributed by atoms with van der Waals surface area (Å²) in [5.74, 6) is -0.189. The van der Waals surface area contributed by atoms with Gasteiger partial charge in [0.05, 0.1) is 0 Å². The lowest BCUT2D eigenvalue weighted by Gasteiger charge is -2.16. The third-order valence-corrected chi connectivity index (χ3v) is 3.50. The molecular weight excluding hydrogens is 242 g/mol. The molecule has 0 unspecified atom stereocenters. The van der Waals surface area contributed by atoms with Crippen LogP contribution in [0.1, 0.15) is 39.0 Å². The van der Waals surface area contributed by atoms with Crippen LogP contribution in [0, 0.1) is 5.41 Å². The first-order valence-corrected chi connectivity index (χ1v) is 7.24. The van der Waals surface area contributed by atoms with E-state index in [1.807, 2.05) is 14.1 Å². The maximum Gasteiger partial charge on any atom is 0.235 e. The predicted molar refractivity (Wildman–Crippen MR) is 75.8 cm³/mol. The number of amides is 2. The van der Waals surface area contributed by atoms with Gasteiger partial charge in [0.2, 0.25) is 11.8 Å². The molecule has 110 valence electrons. The zero-order valence-corrected chi connectivity index (χ0v) is 12.4. The van der Waals surface area contributed by atoms with Crippen molar-refractivity contribution in [2.75, 3.05) is 33.7 Å². The largest absolute Gasteiger partial charge is 0.355 e. The van der Waals surface area contributed by atoms with Crippen LogP contribution in [0.3, 0.4) is 0 Å². The van der Waals surface area contributed by atoms with Gasteiger partial charge in [0.25, 0.3) is 0 Å². The monoisotopic (exact) mass is 269 g/mol. The Morgan fingerprint density at radius 2 is 1.58 bits per heavy atom. The molecule has 1 rings (SSSR count). The lowest BCUT2D eigenvalue weighted by Crippen LogP contribution is -2.43. The maximum atomic E-state index is 12.1. The van der Waals surface area contributed by atoms with E-state index in [2.05, 4.69) is 22.5 Å². The molecule has 0 heterocycles. The molecule has 5 heteroatoms. The fraction of sp³-hybridized carbons (Fsp3) is 0.857. The van der Waals surface area contributed by atoms with Crippen LogP contribution in [-0.4, -0.2) is 50.4 Å². The van der Waals surface area contributed by atoms with E-state index in [-0.39, 0.29) is 11.8 Å². The second kappa shape index (κ2) is 7.48. The number of hydrogen-bond acceptors (Lipinski definition) is 3. The van der Waals surface area contributed by atoms with Gasteiger partial charge < -0.3 is 15.5 Å². The van der Waals surface area contributed by atoms with Gasteiger partial charge >= 0.3 is 0 Å². The van der Waals surface area contributed by atoms with Crippen molar-refractivity contribution in [2.45, 2.75) is 39.0 Å². The Hall–Kier alpha value is -1.10. The highest BCUT2D eigenvalue weighted by Crippen LogP contribution is 2.46. The number of rotatable bonds is 9. The summed E-state index contributed by atoms with van der Waals surface area (Å²) >= 11 is 0. The molecule has 0 aromatic rings. The Morgan fingerprint density at radius 3 is 2.00 bits per heavy atom. The molecule has 5 nitrogen and oxygen atoms in total. The molecule has 1 aliphatic rings. The van der Waals surface area contributed by atoms with Gasteiger partial charge in [-0.25, -0.2) is 0 Å². The van der Waals surface area contributed by atoms with Crippen LogP contribution in [0.4, 0.5) is 0 Å². The smallest absolute Gasteiger partial charge is 0.235 e. The average molecular weight is 269 g/mol. The van der Waals surface area contributed by atoms with Crippen LogP contribution in [0.2, 0.25) is 0 Å². The summed E-state index contributed by atoms with van der Waals surface area (Å²) in [6, 6.07) is 0. The number of nitrogens with zero attached hydrogens (tertiary/aromatic N) is 1. The third kappa shape index (κ3) is 4.82. The second-order valence-electron chi connectivity index (χ2n) is 5.60. The Balaban J connectivity index is 2.28. The Kier molecular flexibility index (Phi) is 6.28. The van der Waals surface area contributed by atoms with E-state index in [1.165, 1.54) is 0 Å². The van der Waals surface area contributed by atoms with Crippen molar-refractivity contribution in [2.24, 2.45) is 5.41 Å². The molecule has 1 fully saturated rings. The van der Waals surface area contributed by atoms with E-state index < -0.39 is 5.41 Å². The fourth-order valence-corrected chi connectivity index (χ4v) is 2.00. The second-order valence-corrected chi connectivity index (χ2v) is 5.60. The van der Waals surface area contributed by atoms with E-state index in [1.54, 1.807) is 0 Å². The topological polar surface area (TPSA) is 61.4 Å². The highest BCUT2D eigenvalue weighted by molar-refractivity contribution is 6.07. The maximum absolute atomic E-state index is 12.1. The minimum Gasteiger partial charge on any atom is -0.355 e. The average Bonchev–Trinajstić information content (AvgIpc) is 3.15. The van der Waals surface area contributed by atoms with Gasteiger partial charge in [-0.1, -0.05) is 13.3 Å². The summed E-state index contributed by atoms with van der Waals surface area (Å²) in [5.41, 5.74) is -0.758. The van der Waals surface area contributed by atoms with E-state index in [0.29, 0.717) is 25.9 Å². The third-order valence-electron chi connectivity index (χ3n) is 3.50. The van der Waals surface area contributed by atoms with E-state index in [0.717, 1.165) is 25.8 Å². The van der Waals surface area contributed by atoms with Crippen LogP contribution in [0.25, 0.3) is 0 Å². The summed E-state index contributed by atoms with van der Waals surface area (Å²) in [6.45, 7) is 4.33. The SMILES string of the molecule is CCCCNC(=O)C1(C(=O)NCCCN(C)C)CC1. The lowest BCUT2D eigenvalue weighted by molar-refractivity contribution is -0.137. The molecule has 0 atom stereocenters. The van der Waals surface area contributed by atoms with E-state index in [4.69, 9.17) is 0 Å². The van der Waals surface area contributed by atoms with Crippen LogP contribution >= 0.6 is 0 Å². The Labute approximate surface area is 116 Å². The molecule has 0 bridgehead atoms. The van der Waals surface area contributed by atoms with Crippen LogP contribution < -0.4 is 10.6 Å². The van der Waals surface area contributed by atoms with Crippen molar-refractivity contribution in [3.05, 3.63) is 0 Å². The number of unbranched alkanes of at least 4 members (excludes halogenated alkanes) is 1. The van der Waals surface area contributed by atoms with E-state index in [9.17, 15) is 9.59 Å². The minimum atomic E-state index is -0.758. The molecule has 0 saturated heterocycles. The molecule has 0 spiro atoms. The summed E-state index contributed by atoms with van der Waals surface area (Å²) in [7, 11) is 4.01. The van der Waals surface area contributed by atoms with Crippen LogP contribution in [-0.2, 0) is 9.59 Å². The first-order valence-electron chi connectivity index (χ1n) is 7.24. The fourth-order valence-electron chi connectivity index (χ4n) is 2.00. The number of nitrogens with one attached hydrogen (secondary N) is 2. The van der Waals surface area contributed by atoms with Crippen molar-refractivity contribution >= 4 is 11.8 Å². The summed E-state index contributed by atoms with van der Waals surface area (Å²) < 4.78 is 0. The molecule has 2 amide bonds. The lowest BCUT2D eigenvalue weighted by atomic mass is 10.1. The normalized spacial score (nSPS) is 16.2. The zero-order valence-electron chi connectivity index (χ0n) is 12.4. The molecule has 0 aromatic heterocycles. The summed E-state index contributed by atoms with van der Waals surface area (Å²) in [6.07, 6.45) is 4.29. The highest BCUT2D eigenvalue weighted by atomic mass is 16.2. The molecule has 19 heavy (non-hydrogen) atoms. The first kappa shape index (κ1) is 16.0. The van der Waals surface area contributed by atoms with Gasteiger partial charge in [-0.2, -0.15) is 0 Å². The molecule has 1 saturated carbocycles. The standard InChI is InChI=1S/C14H27N3O2/c1-4-5-9-15-12(18)14(7-8-14)13(19)16-10-6-11-17(2)3/h4-11H2,1-3H3,(H,15,18)(H,16,19). The predicted octanol–water partition coefficient (Wildman–Crippen LogP) is 0.751. The quantitative estimate of drug-likeness (QED) is 0.480. The van der Waals surface area contributed by atoms with Gasteiger partial charge in [0.1, 0.15) is 5.41 Å². The van der Waals surface area contributed by atoms with Crippen molar-refractivity contribution in [3.8, 4) is 0 Å².